The molecule has 0 spiro atoms. The second kappa shape index (κ2) is 9.38. The lowest BCUT2D eigenvalue weighted by Crippen LogP contribution is -2.22. The molecule has 0 fully saturated rings. The quantitative estimate of drug-likeness (QED) is 0.683. The fourth-order valence-corrected chi connectivity index (χ4v) is 2.57. The van der Waals surface area contributed by atoms with Gasteiger partial charge < -0.3 is 10.1 Å². The Labute approximate surface area is 126 Å². The molecule has 1 aromatic rings. The summed E-state index contributed by atoms with van der Waals surface area (Å²) in [4.78, 5) is 0. The summed E-state index contributed by atoms with van der Waals surface area (Å²) in [5.74, 6) is 0.941. The van der Waals surface area contributed by atoms with E-state index in [4.69, 9.17) is 4.74 Å². The first-order chi connectivity index (χ1) is 9.22. The summed E-state index contributed by atoms with van der Waals surface area (Å²) < 4.78 is 6.75. The topological polar surface area (TPSA) is 21.3 Å². The number of hydrogen-bond acceptors (Lipinski definition) is 2. The minimum Gasteiger partial charge on any atom is -0.492 e. The highest BCUT2D eigenvalue weighted by atomic mass is 79.9. The van der Waals surface area contributed by atoms with Crippen LogP contribution in [0.3, 0.4) is 0 Å². The van der Waals surface area contributed by atoms with Crippen molar-refractivity contribution in [1.82, 2.24) is 5.32 Å². The molecule has 1 aromatic carbocycles. The lowest BCUT2D eigenvalue weighted by Gasteiger charge is -2.19. The lowest BCUT2D eigenvalue weighted by molar-refractivity contribution is 0.315. The van der Waals surface area contributed by atoms with Crippen LogP contribution in [0.5, 0.6) is 5.75 Å². The Hall–Kier alpha value is -0.540. The molecular weight excluding hydrogens is 302 g/mol. The van der Waals surface area contributed by atoms with Crippen LogP contribution < -0.4 is 10.1 Å². The molecule has 3 heteroatoms. The van der Waals surface area contributed by atoms with E-state index in [0.717, 1.165) is 29.8 Å². The summed E-state index contributed by atoms with van der Waals surface area (Å²) in [5.41, 5.74) is 1.34. The van der Waals surface area contributed by atoms with Crippen molar-refractivity contribution in [3.05, 3.63) is 28.2 Å². The number of ether oxygens (including phenoxy) is 1. The molecule has 0 saturated heterocycles. The van der Waals surface area contributed by atoms with Crippen molar-refractivity contribution in [1.29, 1.82) is 0 Å². The minimum absolute atomic E-state index is 0.446. The van der Waals surface area contributed by atoms with Crippen molar-refractivity contribution in [3.8, 4) is 5.75 Å². The Balaban J connectivity index is 2.77. The number of benzene rings is 1. The summed E-state index contributed by atoms with van der Waals surface area (Å²) in [6.07, 6.45) is 4.55. The first kappa shape index (κ1) is 16.5. The Morgan fingerprint density at radius 3 is 2.53 bits per heavy atom. The molecule has 0 heterocycles. The number of nitrogens with one attached hydrogen (secondary N) is 1. The predicted octanol–water partition coefficient (Wildman–Crippen LogP) is 5.08. The summed E-state index contributed by atoms with van der Waals surface area (Å²) in [7, 11) is 0. The summed E-state index contributed by atoms with van der Waals surface area (Å²) >= 11 is 3.61. The van der Waals surface area contributed by atoms with Crippen LogP contribution in [-0.2, 0) is 0 Å². The van der Waals surface area contributed by atoms with Crippen LogP contribution in [0.25, 0.3) is 0 Å². The molecule has 0 bridgehead atoms. The first-order valence-corrected chi connectivity index (χ1v) is 8.17. The molecule has 0 aliphatic heterocycles. The molecule has 0 aromatic heterocycles. The van der Waals surface area contributed by atoms with Crippen molar-refractivity contribution in [2.24, 2.45) is 0 Å². The van der Waals surface area contributed by atoms with Gasteiger partial charge in [0.15, 0.2) is 0 Å². The van der Waals surface area contributed by atoms with Crippen molar-refractivity contribution in [2.45, 2.75) is 52.5 Å². The Morgan fingerprint density at radius 2 is 1.95 bits per heavy atom. The lowest BCUT2D eigenvalue weighted by atomic mass is 10.0. The van der Waals surface area contributed by atoms with Gasteiger partial charge in [0.25, 0.3) is 0 Å². The number of rotatable bonds is 9. The van der Waals surface area contributed by atoms with Crippen LogP contribution in [0.2, 0.25) is 0 Å². The largest absolute Gasteiger partial charge is 0.492 e. The fraction of sp³-hybridized carbons (Fsp3) is 0.625. The maximum Gasteiger partial charge on any atom is 0.133 e. The Morgan fingerprint density at radius 1 is 1.16 bits per heavy atom. The van der Waals surface area contributed by atoms with Crippen LogP contribution in [0, 0.1) is 0 Å². The molecular formula is C16H26BrNO. The van der Waals surface area contributed by atoms with Crippen LogP contribution in [0.4, 0.5) is 0 Å². The molecule has 2 nitrogen and oxygen atoms in total. The third-order valence-electron chi connectivity index (χ3n) is 3.04. The SMILES string of the molecule is CCCNC(CCC)c1ccc(OCCC)c(Br)c1. The average molecular weight is 328 g/mol. The van der Waals surface area contributed by atoms with Gasteiger partial charge in [0.05, 0.1) is 11.1 Å². The smallest absolute Gasteiger partial charge is 0.133 e. The molecule has 1 rings (SSSR count). The third kappa shape index (κ3) is 5.53. The number of halogens is 1. The Kier molecular flexibility index (Phi) is 8.15. The maximum absolute atomic E-state index is 5.69. The van der Waals surface area contributed by atoms with Gasteiger partial charge in [-0.05, 0) is 59.4 Å². The second-order valence-electron chi connectivity index (χ2n) is 4.83. The second-order valence-corrected chi connectivity index (χ2v) is 5.69. The molecule has 0 aliphatic carbocycles. The molecule has 108 valence electrons. The van der Waals surface area contributed by atoms with E-state index in [2.05, 4.69) is 60.2 Å². The summed E-state index contributed by atoms with van der Waals surface area (Å²) in [6, 6.07) is 6.89. The van der Waals surface area contributed by atoms with E-state index in [1.165, 1.54) is 24.8 Å². The summed E-state index contributed by atoms with van der Waals surface area (Å²) in [5, 5.41) is 3.61. The minimum atomic E-state index is 0.446. The zero-order valence-electron chi connectivity index (χ0n) is 12.3. The van der Waals surface area contributed by atoms with Crippen molar-refractivity contribution >= 4 is 15.9 Å². The zero-order chi connectivity index (χ0) is 14.1. The highest BCUT2D eigenvalue weighted by Gasteiger charge is 2.11. The van der Waals surface area contributed by atoms with Crippen molar-refractivity contribution in [3.63, 3.8) is 0 Å². The zero-order valence-corrected chi connectivity index (χ0v) is 13.9. The standard InChI is InChI=1S/C16H26BrNO/c1-4-7-15(18-10-5-2)13-8-9-16(14(17)12-13)19-11-6-3/h8-9,12,15,18H,4-7,10-11H2,1-3H3. The predicted molar refractivity (Wildman–Crippen MR) is 85.9 cm³/mol. The molecule has 0 radical (unpaired) electrons. The van der Waals surface area contributed by atoms with Gasteiger partial charge in [-0.25, -0.2) is 0 Å². The van der Waals surface area contributed by atoms with Crippen LogP contribution in [0.1, 0.15) is 58.1 Å². The normalized spacial score (nSPS) is 12.4. The molecule has 1 atom stereocenters. The molecule has 1 N–H and O–H groups in total. The van der Waals surface area contributed by atoms with Crippen LogP contribution >= 0.6 is 15.9 Å². The average Bonchev–Trinajstić information content (AvgIpc) is 2.42. The Bertz CT molecular complexity index is 368. The van der Waals surface area contributed by atoms with Crippen LogP contribution in [0.15, 0.2) is 22.7 Å². The van der Waals surface area contributed by atoms with Gasteiger partial charge in [-0.1, -0.05) is 33.3 Å². The maximum atomic E-state index is 5.69. The third-order valence-corrected chi connectivity index (χ3v) is 3.66. The van der Waals surface area contributed by atoms with Gasteiger partial charge in [-0.3, -0.25) is 0 Å². The van der Waals surface area contributed by atoms with E-state index in [9.17, 15) is 0 Å². The van der Waals surface area contributed by atoms with Gasteiger partial charge in [-0.2, -0.15) is 0 Å². The highest BCUT2D eigenvalue weighted by Crippen LogP contribution is 2.30. The molecule has 0 aliphatic rings. The van der Waals surface area contributed by atoms with Crippen molar-refractivity contribution in [2.75, 3.05) is 13.2 Å². The van der Waals surface area contributed by atoms with Gasteiger partial charge >= 0.3 is 0 Å². The van der Waals surface area contributed by atoms with Gasteiger partial charge in [0.2, 0.25) is 0 Å². The van der Waals surface area contributed by atoms with E-state index in [-0.39, 0.29) is 0 Å². The van der Waals surface area contributed by atoms with E-state index in [0.29, 0.717) is 6.04 Å². The highest BCUT2D eigenvalue weighted by molar-refractivity contribution is 9.10. The van der Waals surface area contributed by atoms with Gasteiger partial charge in [-0.15, -0.1) is 0 Å². The van der Waals surface area contributed by atoms with Crippen molar-refractivity contribution < 1.29 is 4.74 Å². The fourth-order valence-electron chi connectivity index (χ4n) is 2.06. The van der Waals surface area contributed by atoms with E-state index in [1.807, 2.05) is 0 Å². The molecule has 0 saturated carbocycles. The van der Waals surface area contributed by atoms with E-state index < -0.39 is 0 Å². The van der Waals surface area contributed by atoms with Gasteiger partial charge in [0.1, 0.15) is 5.75 Å². The monoisotopic (exact) mass is 327 g/mol. The molecule has 1 unspecified atom stereocenters. The first-order valence-electron chi connectivity index (χ1n) is 7.38. The summed E-state index contributed by atoms with van der Waals surface area (Å²) in [6.45, 7) is 8.39. The van der Waals surface area contributed by atoms with E-state index in [1.54, 1.807) is 0 Å². The number of hydrogen-bond donors (Lipinski definition) is 1. The van der Waals surface area contributed by atoms with E-state index >= 15 is 0 Å². The van der Waals surface area contributed by atoms with Gasteiger partial charge in [0, 0.05) is 6.04 Å². The molecule has 19 heavy (non-hydrogen) atoms. The molecule has 0 amide bonds. The van der Waals surface area contributed by atoms with Crippen LogP contribution in [-0.4, -0.2) is 13.2 Å².